The van der Waals surface area contributed by atoms with Gasteiger partial charge in [0.2, 0.25) is 0 Å². The highest BCUT2D eigenvalue weighted by molar-refractivity contribution is 5.80. The molecule has 3 aromatic rings. The Kier molecular flexibility index (Phi) is 6.47. The molecule has 0 amide bonds. The Morgan fingerprint density at radius 2 is 1.74 bits per heavy atom. The van der Waals surface area contributed by atoms with E-state index in [9.17, 15) is 5.11 Å². The summed E-state index contributed by atoms with van der Waals surface area (Å²) in [5, 5.41) is 11.1. The van der Waals surface area contributed by atoms with Crippen LogP contribution in [0.5, 0.6) is 17.2 Å². The first-order valence-corrected chi connectivity index (χ1v) is 11.0. The van der Waals surface area contributed by atoms with Gasteiger partial charge >= 0.3 is 0 Å². The molecule has 0 saturated heterocycles. The van der Waals surface area contributed by atoms with Gasteiger partial charge < -0.3 is 19.5 Å². The van der Waals surface area contributed by atoms with Gasteiger partial charge in [-0.3, -0.25) is 0 Å². The molecule has 0 saturated carbocycles. The number of benzene rings is 3. The van der Waals surface area contributed by atoms with Crippen LogP contribution in [0.25, 0.3) is 11.1 Å². The van der Waals surface area contributed by atoms with E-state index in [-0.39, 0.29) is 5.75 Å². The average Bonchev–Trinajstić information content (AvgIpc) is 2.86. The van der Waals surface area contributed by atoms with Crippen molar-refractivity contribution in [2.45, 2.75) is 31.7 Å². The molecule has 1 aliphatic heterocycles. The minimum Gasteiger partial charge on any atom is -0.504 e. The van der Waals surface area contributed by atoms with Crippen molar-refractivity contribution in [3.05, 3.63) is 77.4 Å². The first-order valence-electron chi connectivity index (χ1n) is 11.0. The first kappa shape index (κ1) is 21.3. The summed E-state index contributed by atoms with van der Waals surface area (Å²) < 4.78 is 11.0. The third-order valence-corrected chi connectivity index (χ3v) is 6.61. The highest BCUT2D eigenvalue weighted by Gasteiger charge is 2.27. The van der Waals surface area contributed by atoms with Crippen LogP contribution in [0.1, 0.15) is 23.1 Å². The highest BCUT2D eigenvalue weighted by atomic mass is 16.5. The van der Waals surface area contributed by atoms with Crippen molar-refractivity contribution in [3.8, 4) is 28.4 Å². The van der Waals surface area contributed by atoms with Crippen molar-refractivity contribution >= 4 is 0 Å². The van der Waals surface area contributed by atoms with Crippen molar-refractivity contribution in [1.82, 2.24) is 0 Å². The first-order chi connectivity index (χ1) is 15.1. The van der Waals surface area contributed by atoms with E-state index in [0.29, 0.717) is 11.8 Å². The number of aryl methyl sites for hydroxylation is 1. The Labute approximate surface area is 185 Å². The van der Waals surface area contributed by atoms with Crippen LogP contribution in [0.4, 0.5) is 0 Å². The molecule has 1 aliphatic rings. The summed E-state index contributed by atoms with van der Waals surface area (Å²) in [6.45, 7) is 1.05. The second-order valence-corrected chi connectivity index (χ2v) is 8.45. The quantitative estimate of drug-likeness (QED) is 0.664. The lowest BCUT2D eigenvalue weighted by atomic mass is 9.89. The number of phenolic OH excluding ortho intramolecular Hbond substituents is 1. The molecule has 1 heterocycles. The third kappa shape index (κ3) is 4.54. The van der Waals surface area contributed by atoms with Gasteiger partial charge in [0.25, 0.3) is 0 Å². The zero-order chi connectivity index (χ0) is 21.8. The van der Waals surface area contributed by atoms with Crippen molar-refractivity contribution in [2.75, 3.05) is 27.8 Å². The predicted molar refractivity (Wildman–Crippen MR) is 124 cm³/mol. The molecule has 4 heteroatoms. The van der Waals surface area contributed by atoms with Crippen LogP contribution in [0, 0.1) is 0 Å². The molecule has 4 rings (SSSR count). The predicted octanol–water partition coefficient (Wildman–Crippen LogP) is 3.69. The monoisotopic (exact) mass is 418 g/mol. The van der Waals surface area contributed by atoms with E-state index in [1.807, 2.05) is 18.2 Å². The second-order valence-electron chi connectivity index (χ2n) is 8.45. The number of likely N-dealkylation sites (N-methyl/N-ethyl adjacent to an activating group) is 1. The Morgan fingerprint density at radius 1 is 0.968 bits per heavy atom. The van der Waals surface area contributed by atoms with Gasteiger partial charge in [-0.25, -0.2) is 0 Å². The van der Waals surface area contributed by atoms with Gasteiger partial charge in [0.15, 0.2) is 11.5 Å². The summed E-state index contributed by atoms with van der Waals surface area (Å²) in [6.07, 6.45) is 4.01. The van der Waals surface area contributed by atoms with Crippen LogP contribution < -0.4 is 14.4 Å². The fraction of sp³-hybridized carbons (Fsp3) is 0.333. The molecule has 0 aliphatic carbocycles. The lowest BCUT2D eigenvalue weighted by molar-refractivity contribution is -0.906. The molecular formula is C27H32NO3+. The summed E-state index contributed by atoms with van der Waals surface area (Å²) in [4.78, 5) is 1.53. The molecule has 162 valence electrons. The Balaban J connectivity index is 1.76. The molecule has 1 unspecified atom stereocenters. The normalized spacial score (nSPS) is 18.2. The van der Waals surface area contributed by atoms with Gasteiger partial charge in [-0.05, 0) is 46.9 Å². The molecule has 3 aromatic carbocycles. The molecule has 2 atom stereocenters. The second kappa shape index (κ2) is 9.44. The van der Waals surface area contributed by atoms with Crippen molar-refractivity contribution in [2.24, 2.45) is 0 Å². The lowest BCUT2D eigenvalue weighted by Gasteiger charge is -2.25. The summed E-state index contributed by atoms with van der Waals surface area (Å²) >= 11 is 0. The fourth-order valence-corrected chi connectivity index (χ4v) is 4.69. The number of ether oxygens (including phenoxy) is 2. The number of quaternary nitrogens is 1. The minimum absolute atomic E-state index is 0.218. The Hall–Kier alpha value is -2.98. The lowest BCUT2D eigenvalue weighted by Crippen LogP contribution is -3.13. The molecule has 4 nitrogen and oxygen atoms in total. The van der Waals surface area contributed by atoms with E-state index < -0.39 is 0 Å². The summed E-state index contributed by atoms with van der Waals surface area (Å²) in [7, 11) is 5.58. The van der Waals surface area contributed by atoms with Gasteiger partial charge in [0.05, 0.1) is 33.9 Å². The van der Waals surface area contributed by atoms with E-state index >= 15 is 0 Å². The van der Waals surface area contributed by atoms with Gasteiger partial charge in [-0.1, -0.05) is 42.5 Å². The van der Waals surface area contributed by atoms with Crippen LogP contribution in [0.3, 0.4) is 0 Å². The van der Waals surface area contributed by atoms with E-state index in [2.05, 4.69) is 49.5 Å². The van der Waals surface area contributed by atoms with Crippen LogP contribution in [0.2, 0.25) is 0 Å². The number of phenols is 1. The van der Waals surface area contributed by atoms with Crippen LogP contribution >= 0.6 is 0 Å². The topological polar surface area (TPSA) is 43.1 Å². The molecule has 0 spiro atoms. The van der Waals surface area contributed by atoms with Crippen molar-refractivity contribution in [3.63, 3.8) is 0 Å². The number of hydrogen-bond acceptors (Lipinski definition) is 3. The summed E-state index contributed by atoms with van der Waals surface area (Å²) in [6, 6.07) is 21.4. The number of aromatic hydroxyl groups is 1. The maximum atomic E-state index is 11.1. The van der Waals surface area contributed by atoms with Gasteiger partial charge in [0.1, 0.15) is 5.75 Å². The van der Waals surface area contributed by atoms with Gasteiger partial charge in [0, 0.05) is 24.8 Å². The van der Waals surface area contributed by atoms with Gasteiger partial charge in [-0.2, -0.15) is 0 Å². The fourth-order valence-electron chi connectivity index (χ4n) is 4.69. The highest BCUT2D eigenvalue weighted by Crippen LogP contribution is 2.43. The standard InChI is InChI=1S/C27H31NO3/c1-28-16-15-20-10-13-23(30-2)18-24(20)26-21(11-14-25(31-3)27(26)29)17-22(28)12-9-19-7-5-4-6-8-19/h4-8,10-11,13-14,18,22,29H,9,12,15-17H2,1-3H3/p+1/t22-/m0/s1. The maximum Gasteiger partial charge on any atom is 0.165 e. The Bertz CT molecular complexity index is 1030. The van der Waals surface area contributed by atoms with Crippen molar-refractivity contribution in [1.29, 1.82) is 0 Å². The number of hydrogen-bond donors (Lipinski definition) is 2. The summed E-state index contributed by atoms with van der Waals surface area (Å²) in [5.74, 6) is 1.52. The zero-order valence-corrected chi connectivity index (χ0v) is 18.7. The summed E-state index contributed by atoms with van der Waals surface area (Å²) in [5.41, 5.74) is 5.69. The van der Waals surface area contributed by atoms with E-state index in [1.54, 1.807) is 14.2 Å². The van der Waals surface area contributed by atoms with Crippen LogP contribution in [-0.2, 0) is 19.3 Å². The average molecular weight is 419 g/mol. The van der Waals surface area contributed by atoms with Gasteiger partial charge in [-0.15, -0.1) is 0 Å². The zero-order valence-electron chi connectivity index (χ0n) is 18.7. The maximum absolute atomic E-state index is 11.1. The third-order valence-electron chi connectivity index (χ3n) is 6.61. The number of nitrogens with one attached hydrogen (secondary N) is 1. The van der Waals surface area contributed by atoms with E-state index in [4.69, 9.17) is 9.47 Å². The SMILES string of the molecule is COc1ccc2c(c1)-c1c(ccc(OC)c1O)C[C@H](CCc1ccccc1)[NH+](C)CC2. The van der Waals surface area contributed by atoms with E-state index in [0.717, 1.165) is 54.7 Å². The van der Waals surface area contributed by atoms with Crippen LogP contribution in [0.15, 0.2) is 60.7 Å². The van der Waals surface area contributed by atoms with E-state index in [1.165, 1.54) is 16.0 Å². The molecule has 0 aromatic heterocycles. The largest absolute Gasteiger partial charge is 0.504 e. The molecule has 0 bridgehead atoms. The smallest absolute Gasteiger partial charge is 0.165 e. The number of rotatable bonds is 5. The minimum atomic E-state index is 0.218. The van der Waals surface area contributed by atoms with Crippen LogP contribution in [-0.4, -0.2) is 39.0 Å². The molecular weight excluding hydrogens is 386 g/mol. The molecule has 31 heavy (non-hydrogen) atoms. The Morgan fingerprint density at radius 3 is 2.48 bits per heavy atom. The number of fused-ring (bicyclic) bond motifs is 3. The molecule has 0 radical (unpaired) electrons. The number of methoxy groups -OCH3 is 2. The van der Waals surface area contributed by atoms with Crippen molar-refractivity contribution < 1.29 is 19.5 Å². The molecule has 0 fully saturated rings. The molecule has 2 N–H and O–H groups in total.